The largest absolute Gasteiger partial charge is 0.337 e. The summed E-state index contributed by atoms with van der Waals surface area (Å²) in [5.74, 6) is 1.74. The van der Waals surface area contributed by atoms with E-state index in [4.69, 9.17) is 0 Å². The Hall–Kier alpha value is -1.95. The zero-order valence-electron chi connectivity index (χ0n) is 12.8. The normalized spacial score (nSPS) is 11.2. The van der Waals surface area contributed by atoms with Crippen LogP contribution in [-0.4, -0.2) is 19.7 Å². The first-order valence-electron chi connectivity index (χ1n) is 7.19. The van der Waals surface area contributed by atoms with Gasteiger partial charge in [-0.05, 0) is 32.2 Å². The molecular weight excluding hydrogens is 282 g/mol. The minimum Gasteiger partial charge on any atom is -0.337 e. The van der Waals surface area contributed by atoms with E-state index in [1.807, 2.05) is 11.6 Å². The van der Waals surface area contributed by atoms with Gasteiger partial charge in [-0.3, -0.25) is 4.68 Å². The molecule has 5 nitrogen and oxygen atoms in total. The second-order valence-electron chi connectivity index (χ2n) is 4.97. The lowest BCUT2D eigenvalue weighted by molar-refractivity contribution is 0.634. The van der Waals surface area contributed by atoms with Crippen molar-refractivity contribution in [1.82, 2.24) is 19.7 Å². The second-order valence-corrected chi connectivity index (χ2v) is 5.86. The number of aryl methyl sites for hydroxylation is 3. The smallest absolute Gasteiger partial charge is 0.143 e. The van der Waals surface area contributed by atoms with Crippen LogP contribution in [-0.2, 0) is 13.0 Å². The van der Waals surface area contributed by atoms with Crippen LogP contribution in [0.1, 0.15) is 31.1 Å². The molecule has 0 aromatic carbocycles. The maximum atomic E-state index is 4.65. The van der Waals surface area contributed by atoms with Gasteiger partial charge in [0.05, 0.1) is 22.5 Å². The lowest BCUT2D eigenvalue weighted by atomic mass is 10.3. The van der Waals surface area contributed by atoms with Crippen molar-refractivity contribution in [2.24, 2.45) is 0 Å². The summed E-state index contributed by atoms with van der Waals surface area (Å²) in [4.78, 5) is 10.3. The quantitative estimate of drug-likeness (QED) is 0.795. The molecule has 0 radical (unpaired) electrons. The van der Waals surface area contributed by atoms with E-state index in [1.54, 1.807) is 11.3 Å². The highest BCUT2D eigenvalue weighted by Gasteiger charge is 2.14. The monoisotopic (exact) mass is 301 g/mol. The molecular formula is C15H19N5S. The molecule has 0 unspecified atom stereocenters. The van der Waals surface area contributed by atoms with Crippen molar-refractivity contribution in [3.63, 3.8) is 0 Å². The van der Waals surface area contributed by atoms with Crippen molar-refractivity contribution in [2.45, 2.75) is 40.7 Å². The Kier molecular flexibility index (Phi) is 3.63. The van der Waals surface area contributed by atoms with E-state index in [-0.39, 0.29) is 0 Å². The van der Waals surface area contributed by atoms with Crippen LogP contribution in [0.2, 0.25) is 0 Å². The lowest BCUT2D eigenvalue weighted by Crippen LogP contribution is -2.02. The number of fused-ring (bicyclic) bond motifs is 1. The molecule has 3 heterocycles. The van der Waals surface area contributed by atoms with Crippen LogP contribution in [0.25, 0.3) is 10.2 Å². The summed E-state index contributed by atoms with van der Waals surface area (Å²) in [6.45, 7) is 9.14. The highest BCUT2D eigenvalue weighted by Crippen LogP contribution is 2.30. The van der Waals surface area contributed by atoms with Crippen molar-refractivity contribution in [3.05, 3.63) is 28.7 Å². The van der Waals surface area contributed by atoms with Crippen molar-refractivity contribution in [3.8, 4) is 0 Å². The first kappa shape index (κ1) is 14.0. The van der Waals surface area contributed by atoms with Crippen LogP contribution in [0.5, 0.6) is 0 Å². The number of hydrogen-bond acceptors (Lipinski definition) is 5. The molecule has 3 aromatic heterocycles. The molecule has 110 valence electrons. The number of nitrogens with zero attached hydrogens (tertiary/aromatic N) is 4. The summed E-state index contributed by atoms with van der Waals surface area (Å²) >= 11 is 1.65. The standard InChI is InChI=1S/C15H19N5S/c1-5-12-16-14(11-7-8-21-15(11)17-12)18-13-9(3)19-20(6-2)10(13)4/h7-8H,5-6H2,1-4H3,(H,16,17,18). The highest BCUT2D eigenvalue weighted by atomic mass is 32.1. The second kappa shape index (κ2) is 5.44. The molecule has 0 aliphatic rings. The highest BCUT2D eigenvalue weighted by molar-refractivity contribution is 7.16. The summed E-state index contributed by atoms with van der Waals surface area (Å²) in [5.41, 5.74) is 3.18. The fourth-order valence-corrected chi connectivity index (χ4v) is 3.24. The molecule has 0 bridgehead atoms. The molecule has 0 fully saturated rings. The first-order chi connectivity index (χ1) is 10.1. The van der Waals surface area contributed by atoms with E-state index < -0.39 is 0 Å². The molecule has 0 aliphatic carbocycles. The molecule has 3 rings (SSSR count). The van der Waals surface area contributed by atoms with Crippen LogP contribution >= 0.6 is 11.3 Å². The van der Waals surface area contributed by atoms with Crippen molar-refractivity contribution in [2.75, 3.05) is 5.32 Å². The van der Waals surface area contributed by atoms with Gasteiger partial charge < -0.3 is 5.32 Å². The first-order valence-corrected chi connectivity index (χ1v) is 8.07. The van der Waals surface area contributed by atoms with E-state index in [0.29, 0.717) is 0 Å². The van der Waals surface area contributed by atoms with Gasteiger partial charge in [0.25, 0.3) is 0 Å². The predicted molar refractivity (Wildman–Crippen MR) is 87.5 cm³/mol. The average molecular weight is 301 g/mol. The molecule has 6 heteroatoms. The van der Waals surface area contributed by atoms with Gasteiger partial charge in [-0.15, -0.1) is 11.3 Å². The number of aromatic nitrogens is 4. The third-order valence-corrected chi connectivity index (χ3v) is 4.42. The van der Waals surface area contributed by atoms with Gasteiger partial charge in [-0.1, -0.05) is 6.92 Å². The third kappa shape index (κ3) is 2.40. The molecule has 0 saturated carbocycles. The zero-order chi connectivity index (χ0) is 15.0. The van der Waals surface area contributed by atoms with Crippen LogP contribution in [0.4, 0.5) is 11.5 Å². The Labute approximate surface area is 128 Å². The minimum atomic E-state index is 0.828. The summed E-state index contributed by atoms with van der Waals surface area (Å²) in [6, 6.07) is 2.07. The van der Waals surface area contributed by atoms with Gasteiger partial charge in [0.2, 0.25) is 0 Å². The Bertz CT molecular complexity index is 787. The lowest BCUT2D eigenvalue weighted by Gasteiger charge is -2.09. The predicted octanol–water partition coefficient (Wildman–Crippen LogP) is 3.83. The summed E-state index contributed by atoms with van der Waals surface area (Å²) < 4.78 is 2.00. The van der Waals surface area contributed by atoms with Crippen molar-refractivity contribution >= 4 is 33.1 Å². The molecule has 3 aromatic rings. The van der Waals surface area contributed by atoms with Gasteiger partial charge in [0, 0.05) is 13.0 Å². The number of anilines is 2. The Morgan fingerprint density at radius 3 is 2.71 bits per heavy atom. The van der Waals surface area contributed by atoms with E-state index in [1.165, 1.54) is 0 Å². The maximum Gasteiger partial charge on any atom is 0.143 e. The molecule has 0 aliphatic heterocycles. The fourth-order valence-electron chi connectivity index (χ4n) is 2.46. The van der Waals surface area contributed by atoms with Gasteiger partial charge in [-0.25, -0.2) is 9.97 Å². The number of thiophene rings is 1. The van der Waals surface area contributed by atoms with Crippen LogP contribution in [0.15, 0.2) is 11.4 Å². The molecule has 0 amide bonds. The van der Waals surface area contributed by atoms with Gasteiger partial charge in [0.15, 0.2) is 0 Å². The number of hydrogen-bond donors (Lipinski definition) is 1. The van der Waals surface area contributed by atoms with E-state index >= 15 is 0 Å². The van der Waals surface area contributed by atoms with Gasteiger partial charge in [-0.2, -0.15) is 5.10 Å². The van der Waals surface area contributed by atoms with Crippen molar-refractivity contribution < 1.29 is 0 Å². The van der Waals surface area contributed by atoms with E-state index in [2.05, 4.69) is 52.6 Å². The SMILES string of the molecule is CCc1nc(Nc2c(C)nn(CC)c2C)c2ccsc2n1. The third-order valence-electron chi connectivity index (χ3n) is 3.61. The molecule has 21 heavy (non-hydrogen) atoms. The molecule has 0 spiro atoms. The maximum absolute atomic E-state index is 4.65. The fraction of sp³-hybridized carbons (Fsp3) is 0.400. The van der Waals surface area contributed by atoms with Crippen LogP contribution in [0, 0.1) is 13.8 Å². The minimum absolute atomic E-state index is 0.828. The Balaban J connectivity index is 2.09. The number of nitrogens with one attached hydrogen (secondary N) is 1. The topological polar surface area (TPSA) is 55.6 Å². The van der Waals surface area contributed by atoms with Crippen molar-refractivity contribution in [1.29, 1.82) is 0 Å². The van der Waals surface area contributed by atoms with Crippen LogP contribution in [0.3, 0.4) is 0 Å². The molecule has 0 atom stereocenters. The molecule has 1 N–H and O–H groups in total. The van der Waals surface area contributed by atoms with Gasteiger partial charge >= 0.3 is 0 Å². The summed E-state index contributed by atoms with van der Waals surface area (Å²) in [7, 11) is 0. The zero-order valence-corrected chi connectivity index (χ0v) is 13.6. The Morgan fingerprint density at radius 1 is 1.24 bits per heavy atom. The summed E-state index contributed by atoms with van der Waals surface area (Å²) in [6.07, 6.45) is 0.828. The summed E-state index contributed by atoms with van der Waals surface area (Å²) in [5, 5.41) is 11.1. The average Bonchev–Trinajstić information content (AvgIpc) is 3.06. The van der Waals surface area contributed by atoms with Crippen LogP contribution < -0.4 is 5.32 Å². The number of rotatable bonds is 4. The molecule has 0 saturated heterocycles. The van der Waals surface area contributed by atoms with E-state index in [0.717, 1.165) is 51.9 Å². The Morgan fingerprint density at radius 2 is 2.05 bits per heavy atom. The van der Waals surface area contributed by atoms with E-state index in [9.17, 15) is 0 Å². The van der Waals surface area contributed by atoms with Gasteiger partial charge in [0.1, 0.15) is 16.5 Å².